The van der Waals surface area contributed by atoms with Crippen LogP contribution in [0.3, 0.4) is 0 Å². The van der Waals surface area contributed by atoms with E-state index in [2.05, 4.69) is 10.6 Å². The van der Waals surface area contributed by atoms with Gasteiger partial charge in [-0.2, -0.15) is 0 Å². The van der Waals surface area contributed by atoms with Crippen LogP contribution in [0, 0.1) is 12.8 Å². The minimum Gasteiger partial charge on any atom is -0.484 e. The number of amides is 2. The van der Waals surface area contributed by atoms with E-state index in [1.165, 1.54) is 0 Å². The molecule has 2 aromatic rings. The molecule has 1 aliphatic rings. The van der Waals surface area contributed by atoms with Gasteiger partial charge < -0.3 is 15.4 Å². The zero-order valence-corrected chi connectivity index (χ0v) is 13.5. The fourth-order valence-corrected chi connectivity index (χ4v) is 2.21. The lowest BCUT2D eigenvalue weighted by atomic mass is 10.2. The zero-order chi connectivity index (χ0) is 16.9. The van der Waals surface area contributed by atoms with Crippen molar-refractivity contribution in [2.75, 3.05) is 17.2 Å². The van der Waals surface area contributed by atoms with E-state index in [0.29, 0.717) is 5.75 Å². The molecule has 1 aliphatic carbocycles. The Morgan fingerprint density at radius 2 is 1.54 bits per heavy atom. The largest absolute Gasteiger partial charge is 0.484 e. The molecule has 2 aromatic carbocycles. The van der Waals surface area contributed by atoms with Crippen LogP contribution in [0.1, 0.15) is 18.4 Å². The molecule has 5 nitrogen and oxygen atoms in total. The lowest BCUT2D eigenvalue weighted by Gasteiger charge is -2.09. The summed E-state index contributed by atoms with van der Waals surface area (Å²) >= 11 is 0. The maximum absolute atomic E-state index is 11.9. The van der Waals surface area contributed by atoms with Gasteiger partial charge in [0.25, 0.3) is 5.91 Å². The average Bonchev–Trinajstić information content (AvgIpc) is 3.41. The highest BCUT2D eigenvalue weighted by Gasteiger charge is 2.29. The van der Waals surface area contributed by atoms with E-state index in [-0.39, 0.29) is 24.3 Å². The number of carbonyl (C=O) groups is 2. The summed E-state index contributed by atoms with van der Waals surface area (Å²) < 4.78 is 5.46. The lowest BCUT2D eigenvalue weighted by molar-refractivity contribution is -0.118. The fraction of sp³-hybridized carbons (Fsp3) is 0.263. The van der Waals surface area contributed by atoms with Crippen molar-refractivity contribution in [2.45, 2.75) is 19.8 Å². The van der Waals surface area contributed by atoms with Crippen molar-refractivity contribution in [3.8, 4) is 5.75 Å². The number of hydrogen-bond acceptors (Lipinski definition) is 3. The number of ether oxygens (including phenoxy) is 1. The summed E-state index contributed by atoms with van der Waals surface area (Å²) in [7, 11) is 0. The smallest absolute Gasteiger partial charge is 0.262 e. The third-order valence-electron chi connectivity index (χ3n) is 3.78. The highest BCUT2D eigenvalue weighted by Crippen LogP contribution is 2.30. The molecule has 124 valence electrons. The molecule has 1 saturated carbocycles. The first-order valence-corrected chi connectivity index (χ1v) is 8.00. The molecule has 0 heterocycles. The maximum Gasteiger partial charge on any atom is 0.262 e. The summed E-state index contributed by atoms with van der Waals surface area (Å²) in [6.07, 6.45) is 1.95. The highest BCUT2D eigenvalue weighted by molar-refractivity contribution is 5.94. The van der Waals surface area contributed by atoms with Crippen LogP contribution in [0.15, 0.2) is 48.5 Å². The Hall–Kier alpha value is -2.82. The second-order valence-corrected chi connectivity index (χ2v) is 5.99. The maximum atomic E-state index is 11.9. The average molecular weight is 324 g/mol. The van der Waals surface area contributed by atoms with Gasteiger partial charge in [0.05, 0.1) is 0 Å². The molecule has 0 unspecified atom stereocenters. The number of anilines is 2. The topological polar surface area (TPSA) is 67.4 Å². The molecule has 0 aromatic heterocycles. The number of carbonyl (C=O) groups excluding carboxylic acids is 2. The van der Waals surface area contributed by atoms with Gasteiger partial charge in [-0.15, -0.1) is 0 Å². The molecule has 24 heavy (non-hydrogen) atoms. The van der Waals surface area contributed by atoms with Crippen LogP contribution < -0.4 is 15.4 Å². The molecular weight excluding hydrogens is 304 g/mol. The number of benzene rings is 2. The van der Waals surface area contributed by atoms with E-state index in [4.69, 9.17) is 4.74 Å². The van der Waals surface area contributed by atoms with Crippen molar-refractivity contribution in [1.82, 2.24) is 0 Å². The van der Waals surface area contributed by atoms with Gasteiger partial charge in [0.1, 0.15) is 5.75 Å². The molecule has 0 saturated heterocycles. The Labute approximate surface area is 141 Å². The Kier molecular flexibility index (Phi) is 4.79. The van der Waals surface area contributed by atoms with E-state index in [1.807, 2.05) is 31.2 Å². The summed E-state index contributed by atoms with van der Waals surface area (Å²) in [6, 6.07) is 14.6. The Morgan fingerprint density at radius 3 is 2.17 bits per heavy atom. The minimum atomic E-state index is -0.218. The van der Waals surface area contributed by atoms with Crippen LogP contribution in [0.4, 0.5) is 11.4 Å². The fourth-order valence-electron chi connectivity index (χ4n) is 2.21. The quantitative estimate of drug-likeness (QED) is 0.856. The number of aryl methyl sites for hydroxylation is 1. The normalized spacial score (nSPS) is 13.2. The van der Waals surface area contributed by atoms with Crippen LogP contribution in [0.2, 0.25) is 0 Å². The molecule has 5 heteroatoms. The predicted molar refractivity (Wildman–Crippen MR) is 93.1 cm³/mol. The van der Waals surface area contributed by atoms with E-state index in [9.17, 15) is 9.59 Å². The van der Waals surface area contributed by atoms with Crippen molar-refractivity contribution in [3.05, 3.63) is 54.1 Å². The highest BCUT2D eigenvalue weighted by atomic mass is 16.5. The van der Waals surface area contributed by atoms with Gasteiger partial charge in [-0.3, -0.25) is 9.59 Å². The van der Waals surface area contributed by atoms with Crippen molar-refractivity contribution in [1.29, 1.82) is 0 Å². The molecule has 0 spiro atoms. The van der Waals surface area contributed by atoms with Crippen molar-refractivity contribution >= 4 is 23.2 Å². The van der Waals surface area contributed by atoms with Gasteiger partial charge in [0.15, 0.2) is 6.61 Å². The number of rotatable bonds is 6. The standard InChI is InChI=1S/C19H20N2O3/c1-13-2-6-15(7-3-13)20-18(22)12-24-17-10-8-16(9-11-17)21-19(23)14-4-5-14/h2-3,6-11,14H,4-5,12H2,1H3,(H,20,22)(H,21,23). The SMILES string of the molecule is Cc1ccc(NC(=O)COc2ccc(NC(=O)C3CC3)cc2)cc1. The van der Waals surface area contributed by atoms with E-state index >= 15 is 0 Å². The lowest BCUT2D eigenvalue weighted by Crippen LogP contribution is -2.20. The first kappa shape index (κ1) is 16.1. The monoisotopic (exact) mass is 324 g/mol. The summed E-state index contributed by atoms with van der Waals surface area (Å²) in [6.45, 7) is 1.92. The minimum absolute atomic E-state index is 0.0678. The van der Waals surface area contributed by atoms with Gasteiger partial charge in [-0.05, 0) is 56.2 Å². The molecule has 0 aliphatic heterocycles. The van der Waals surface area contributed by atoms with Crippen LogP contribution in [0.25, 0.3) is 0 Å². The van der Waals surface area contributed by atoms with Crippen LogP contribution in [0.5, 0.6) is 5.75 Å². The first-order valence-electron chi connectivity index (χ1n) is 8.00. The van der Waals surface area contributed by atoms with Gasteiger partial charge in [-0.25, -0.2) is 0 Å². The zero-order valence-electron chi connectivity index (χ0n) is 13.5. The Morgan fingerprint density at radius 1 is 0.958 bits per heavy atom. The summed E-state index contributed by atoms with van der Waals surface area (Å²) in [5, 5.41) is 5.63. The summed E-state index contributed by atoms with van der Waals surface area (Å²) in [5.41, 5.74) is 2.62. The predicted octanol–water partition coefficient (Wildman–Crippen LogP) is 3.36. The summed E-state index contributed by atoms with van der Waals surface area (Å²) in [4.78, 5) is 23.5. The summed E-state index contributed by atoms with van der Waals surface area (Å²) in [5.74, 6) is 0.607. The van der Waals surface area contributed by atoms with E-state index < -0.39 is 0 Å². The van der Waals surface area contributed by atoms with Crippen LogP contribution in [-0.2, 0) is 9.59 Å². The van der Waals surface area contributed by atoms with E-state index in [0.717, 1.165) is 29.8 Å². The molecule has 3 rings (SSSR count). The molecule has 2 N–H and O–H groups in total. The molecule has 0 radical (unpaired) electrons. The Balaban J connectivity index is 1.46. The molecular formula is C19H20N2O3. The van der Waals surface area contributed by atoms with Crippen LogP contribution >= 0.6 is 0 Å². The van der Waals surface area contributed by atoms with Gasteiger partial charge >= 0.3 is 0 Å². The second kappa shape index (κ2) is 7.17. The van der Waals surface area contributed by atoms with Gasteiger partial charge in [0.2, 0.25) is 5.91 Å². The van der Waals surface area contributed by atoms with Gasteiger partial charge in [0, 0.05) is 17.3 Å². The number of hydrogen-bond donors (Lipinski definition) is 2. The third-order valence-corrected chi connectivity index (χ3v) is 3.78. The third kappa shape index (κ3) is 4.59. The van der Waals surface area contributed by atoms with Crippen molar-refractivity contribution < 1.29 is 14.3 Å². The molecule has 2 amide bonds. The first-order chi connectivity index (χ1) is 11.6. The van der Waals surface area contributed by atoms with E-state index in [1.54, 1.807) is 24.3 Å². The number of nitrogens with one attached hydrogen (secondary N) is 2. The molecule has 0 atom stereocenters. The molecule has 0 bridgehead atoms. The van der Waals surface area contributed by atoms with Crippen LogP contribution in [-0.4, -0.2) is 18.4 Å². The molecule has 1 fully saturated rings. The second-order valence-electron chi connectivity index (χ2n) is 5.99. The Bertz CT molecular complexity index is 719. The van der Waals surface area contributed by atoms with Crippen molar-refractivity contribution in [2.24, 2.45) is 5.92 Å². The van der Waals surface area contributed by atoms with Crippen molar-refractivity contribution in [3.63, 3.8) is 0 Å². The van der Waals surface area contributed by atoms with Gasteiger partial charge in [-0.1, -0.05) is 17.7 Å².